The molecule has 1 heterocycles. The summed E-state index contributed by atoms with van der Waals surface area (Å²) in [6.07, 6.45) is 2.44. The van der Waals surface area contributed by atoms with Crippen LogP contribution in [-0.4, -0.2) is 42.3 Å². The molecular formula is C17H21N3O5. The van der Waals surface area contributed by atoms with Crippen molar-refractivity contribution >= 4 is 29.3 Å². The van der Waals surface area contributed by atoms with Gasteiger partial charge in [0.25, 0.3) is 0 Å². The van der Waals surface area contributed by atoms with E-state index in [1.807, 2.05) is 0 Å². The normalized spacial score (nSPS) is 24.4. The monoisotopic (exact) mass is 347 g/mol. The second-order valence-electron chi connectivity index (χ2n) is 6.32. The Morgan fingerprint density at radius 2 is 1.76 bits per heavy atom. The number of carboxylic acid groups (broad SMARTS) is 1. The number of urea groups is 1. The Morgan fingerprint density at radius 1 is 1.08 bits per heavy atom. The largest absolute Gasteiger partial charge is 0.481 e. The summed E-state index contributed by atoms with van der Waals surface area (Å²) in [6, 6.07) is 6.35. The molecule has 1 aliphatic heterocycles. The first-order chi connectivity index (χ1) is 12.0. The molecule has 4 N–H and O–H groups in total. The number of nitrogens with one attached hydrogen (secondary N) is 3. The molecule has 8 nitrogen and oxygen atoms in total. The van der Waals surface area contributed by atoms with E-state index in [2.05, 4.69) is 16.0 Å². The Kier molecular flexibility index (Phi) is 5.18. The van der Waals surface area contributed by atoms with Crippen LogP contribution in [0, 0.1) is 11.8 Å². The Balaban J connectivity index is 1.43. The van der Waals surface area contributed by atoms with Crippen molar-refractivity contribution in [2.24, 2.45) is 11.8 Å². The number of carbonyl (C=O) groups excluding carboxylic acids is 2. The van der Waals surface area contributed by atoms with Gasteiger partial charge in [-0.2, -0.15) is 0 Å². The fourth-order valence-corrected chi connectivity index (χ4v) is 2.82. The molecule has 3 unspecified atom stereocenters. The maximum absolute atomic E-state index is 11.9. The molecule has 1 saturated carbocycles. The SMILES string of the molecule is O=C(NCC1CCCO1)Nc1ccc(NC(=O)C2CC2C(=O)O)cc1. The average Bonchev–Trinajstić information content (AvgIpc) is 3.24. The smallest absolute Gasteiger partial charge is 0.319 e. The third-order valence-corrected chi connectivity index (χ3v) is 4.37. The van der Waals surface area contributed by atoms with E-state index >= 15 is 0 Å². The van der Waals surface area contributed by atoms with E-state index in [1.54, 1.807) is 24.3 Å². The molecule has 25 heavy (non-hydrogen) atoms. The zero-order chi connectivity index (χ0) is 17.8. The fraction of sp³-hybridized carbons (Fsp3) is 0.471. The fourth-order valence-electron chi connectivity index (χ4n) is 2.82. The highest BCUT2D eigenvalue weighted by Crippen LogP contribution is 2.39. The van der Waals surface area contributed by atoms with Crippen molar-refractivity contribution in [3.8, 4) is 0 Å². The van der Waals surface area contributed by atoms with Gasteiger partial charge in [-0.25, -0.2) is 4.79 Å². The van der Waals surface area contributed by atoms with Crippen LogP contribution in [0.3, 0.4) is 0 Å². The number of aliphatic carboxylic acids is 1. The third kappa shape index (κ3) is 4.69. The van der Waals surface area contributed by atoms with Crippen LogP contribution in [-0.2, 0) is 14.3 Å². The first kappa shape index (κ1) is 17.2. The van der Waals surface area contributed by atoms with Crippen molar-refractivity contribution in [2.75, 3.05) is 23.8 Å². The zero-order valence-corrected chi connectivity index (χ0v) is 13.7. The van der Waals surface area contributed by atoms with Crippen molar-refractivity contribution in [1.29, 1.82) is 0 Å². The van der Waals surface area contributed by atoms with E-state index in [9.17, 15) is 14.4 Å². The van der Waals surface area contributed by atoms with Gasteiger partial charge in [0.1, 0.15) is 0 Å². The summed E-state index contributed by atoms with van der Waals surface area (Å²) in [5.74, 6) is -2.26. The van der Waals surface area contributed by atoms with Gasteiger partial charge in [-0.3, -0.25) is 9.59 Å². The van der Waals surface area contributed by atoms with Crippen molar-refractivity contribution in [3.05, 3.63) is 24.3 Å². The molecule has 2 aliphatic rings. The molecule has 1 saturated heterocycles. The van der Waals surface area contributed by atoms with E-state index in [4.69, 9.17) is 9.84 Å². The minimum absolute atomic E-state index is 0.0837. The third-order valence-electron chi connectivity index (χ3n) is 4.37. The lowest BCUT2D eigenvalue weighted by Crippen LogP contribution is -2.35. The lowest BCUT2D eigenvalue weighted by Gasteiger charge is -2.12. The summed E-state index contributed by atoms with van der Waals surface area (Å²) >= 11 is 0. The summed E-state index contributed by atoms with van der Waals surface area (Å²) in [5, 5.41) is 17.0. The highest BCUT2D eigenvalue weighted by Gasteiger charge is 2.48. The number of carboxylic acids is 1. The number of rotatable bonds is 6. The van der Waals surface area contributed by atoms with Crippen LogP contribution in [0.2, 0.25) is 0 Å². The Bertz CT molecular complexity index is 655. The van der Waals surface area contributed by atoms with E-state index in [0.29, 0.717) is 24.3 Å². The van der Waals surface area contributed by atoms with Crippen molar-refractivity contribution in [1.82, 2.24) is 5.32 Å². The number of benzene rings is 1. The van der Waals surface area contributed by atoms with Crippen molar-refractivity contribution in [2.45, 2.75) is 25.4 Å². The molecule has 0 bridgehead atoms. The van der Waals surface area contributed by atoms with E-state index in [-0.39, 0.29) is 18.0 Å². The van der Waals surface area contributed by atoms with Crippen LogP contribution in [0.5, 0.6) is 0 Å². The molecule has 3 rings (SSSR count). The molecule has 0 radical (unpaired) electrons. The minimum atomic E-state index is -0.936. The predicted octanol–water partition coefficient (Wildman–Crippen LogP) is 1.65. The first-order valence-electron chi connectivity index (χ1n) is 8.33. The van der Waals surface area contributed by atoms with E-state index in [1.165, 1.54) is 0 Å². The van der Waals surface area contributed by atoms with Crippen LogP contribution >= 0.6 is 0 Å². The van der Waals surface area contributed by atoms with Crippen molar-refractivity contribution < 1.29 is 24.2 Å². The lowest BCUT2D eigenvalue weighted by molar-refractivity contribution is -0.139. The Hall–Kier alpha value is -2.61. The van der Waals surface area contributed by atoms with Crippen LogP contribution in [0.15, 0.2) is 24.3 Å². The van der Waals surface area contributed by atoms with Gasteiger partial charge in [-0.05, 0) is 43.5 Å². The summed E-state index contributed by atoms with van der Waals surface area (Å²) in [4.78, 5) is 34.5. The van der Waals surface area contributed by atoms with Gasteiger partial charge < -0.3 is 25.8 Å². The molecule has 1 aromatic rings. The lowest BCUT2D eigenvalue weighted by atomic mass is 10.2. The van der Waals surface area contributed by atoms with Crippen LogP contribution in [0.1, 0.15) is 19.3 Å². The van der Waals surface area contributed by atoms with Crippen LogP contribution in [0.25, 0.3) is 0 Å². The number of hydrogen-bond donors (Lipinski definition) is 4. The maximum atomic E-state index is 11.9. The predicted molar refractivity (Wildman–Crippen MR) is 90.3 cm³/mol. The highest BCUT2D eigenvalue weighted by molar-refractivity contribution is 5.98. The van der Waals surface area contributed by atoms with Gasteiger partial charge in [-0.15, -0.1) is 0 Å². The second-order valence-corrected chi connectivity index (χ2v) is 6.32. The van der Waals surface area contributed by atoms with Crippen LogP contribution < -0.4 is 16.0 Å². The van der Waals surface area contributed by atoms with Gasteiger partial charge >= 0.3 is 12.0 Å². The van der Waals surface area contributed by atoms with Gasteiger partial charge in [0.05, 0.1) is 17.9 Å². The first-order valence-corrected chi connectivity index (χ1v) is 8.33. The van der Waals surface area contributed by atoms with E-state index < -0.39 is 17.8 Å². The molecule has 134 valence electrons. The van der Waals surface area contributed by atoms with Gasteiger partial charge in [0.15, 0.2) is 0 Å². The summed E-state index contributed by atoms with van der Waals surface area (Å²) in [6.45, 7) is 1.22. The molecule has 8 heteroatoms. The summed E-state index contributed by atoms with van der Waals surface area (Å²) < 4.78 is 5.43. The average molecular weight is 347 g/mol. The molecule has 0 spiro atoms. The standard InChI is InChI=1S/C17H21N3O5/c21-15(13-8-14(13)16(22)23)19-10-3-5-11(6-4-10)20-17(24)18-9-12-2-1-7-25-12/h3-6,12-14H,1-2,7-9H2,(H,19,21)(H,22,23)(H2,18,20,24). The van der Waals surface area contributed by atoms with Crippen molar-refractivity contribution in [3.63, 3.8) is 0 Å². The Labute approximate surface area is 144 Å². The zero-order valence-electron chi connectivity index (χ0n) is 13.7. The molecule has 2 fully saturated rings. The van der Waals surface area contributed by atoms with Gasteiger partial charge in [-0.1, -0.05) is 0 Å². The molecule has 3 atom stereocenters. The topological polar surface area (TPSA) is 117 Å². The number of hydrogen-bond acceptors (Lipinski definition) is 4. The van der Waals surface area contributed by atoms with Crippen LogP contribution in [0.4, 0.5) is 16.2 Å². The molecule has 1 aliphatic carbocycles. The van der Waals surface area contributed by atoms with E-state index in [0.717, 1.165) is 19.4 Å². The molecular weight excluding hydrogens is 326 g/mol. The summed E-state index contributed by atoms with van der Waals surface area (Å²) in [5.41, 5.74) is 1.16. The van der Waals surface area contributed by atoms with Gasteiger partial charge in [0.2, 0.25) is 5.91 Å². The van der Waals surface area contributed by atoms with Gasteiger partial charge in [0, 0.05) is 24.5 Å². The Morgan fingerprint density at radius 3 is 2.32 bits per heavy atom. The number of carbonyl (C=O) groups is 3. The highest BCUT2D eigenvalue weighted by atomic mass is 16.5. The number of anilines is 2. The maximum Gasteiger partial charge on any atom is 0.319 e. The molecule has 0 aromatic heterocycles. The second kappa shape index (κ2) is 7.52. The molecule has 1 aromatic carbocycles. The molecule has 3 amide bonds. The number of amides is 3. The minimum Gasteiger partial charge on any atom is -0.481 e. The number of ether oxygens (including phenoxy) is 1. The quantitative estimate of drug-likeness (QED) is 0.624. The summed E-state index contributed by atoms with van der Waals surface area (Å²) in [7, 11) is 0.